The molecule has 9 nitrogen and oxygen atoms in total. The quantitative estimate of drug-likeness (QED) is 0.567. The number of aryl methyl sites for hydroxylation is 1. The van der Waals surface area contributed by atoms with Crippen LogP contribution in [0.15, 0.2) is 47.4 Å². The van der Waals surface area contributed by atoms with Gasteiger partial charge in [0, 0.05) is 26.3 Å². The van der Waals surface area contributed by atoms with Gasteiger partial charge in [-0.25, -0.2) is 9.61 Å². The maximum atomic E-state index is 13.2. The predicted molar refractivity (Wildman–Crippen MR) is 103 cm³/mol. The largest absolute Gasteiger partial charge is 0.379 e. The number of amides is 1. The number of imidazole rings is 1. The number of aromatic nitrogens is 5. The van der Waals surface area contributed by atoms with Crippen molar-refractivity contribution in [1.29, 1.82) is 0 Å². The summed E-state index contributed by atoms with van der Waals surface area (Å²) in [6.45, 7) is 3.00. The minimum atomic E-state index is -0.144. The minimum Gasteiger partial charge on any atom is -0.379 e. The Labute approximate surface area is 160 Å². The van der Waals surface area contributed by atoms with Gasteiger partial charge in [0.2, 0.25) is 0 Å². The molecule has 0 unspecified atom stereocenters. The third kappa shape index (κ3) is 2.96. The van der Waals surface area contributed by atoms with E-state index in [1.807, 2.05) is 41.8 Å². The van der Waals surface area contributed by atoms with Gasteiger partial charge in [-0.2, -0.15) is 0 Å². The van der Waals surface area contributed by atoms with Crippen LogP contribution in [0.2, 0.25) is 0 Å². The van der Waals surface area contributed by atoms with Crippen molar-refractivity contribution in [2.75, 3.05) is 12.8 Å². The second-order valence-electron chi connectivity index (χ2n) is 6.38. The zero-order valence-electron chi connectivity index (χ0n) is 15.5. The van der Waals surface area contributed by atoms with Gasteiger partial charge < -0.3 is 15.2 Å². The molecule has 0 saturated heterocycles. The SMILES string of the molecule is CCn1c(-c2nonc2N)nc2cncc(C(=O)N(C)Cc3ccccc3)c21. The smallest absolute Gasteiger partial charge is 0.257 e. The van der Waals surface area contributed by atoms with E-state index in [2.05, 4.69) is 20.3 Å². The van der Waals surface area contributed by atoms with Crippen molar-refractivity contribution in [1.82, 2.24) is 29.7 Å². The summed E-state index contributed by atoms with van der Waals surface area (Å²) in [6, 6.07) is 9.81. The highest BCUT2D eigenvalue weighted by molar-refractivity contribution is 6.05. The third-order valence-corrected chi connectivity index (χ3v) is 4.53. The maximum absolute atomic E-state index is 13.2. The molecular formula is C19H19N7O2. The van der Waals surface area contributed by atoms with Crippen LogP contribution in [0, 0.1) is 0 Å². The summed E-state index contributed by atoms with van der Waals surface area (Å²) in [5.74, 6) is 0.491. The first kappa shape index (κ1) is 17.7. The molecule has 142 valence electrons. The van der Waals surface area contributed by atoms with Crippen LogP contribution in [0.5, 0.6) is 0 Å². The number of carbonyl (C=O) groups is 1. The number of nitrogen functional groups attached to an aromatic ring is 1. The zero-order chi connectivity index (χ0) is 19.7. The third-order valence-electron chi connectivity index (χ3n) is 4.53. The molecule has 1 amide bonds. The second-order valence-corrected chi connectivity index (χ2v) is 6.38. The molecule has 4 aromatic rings. The number of nitrogens with zero attached hydrogens (tertiary/aromatic N) is 6. The van der Waals surface area contributed by atoms with Crippen LogP contribution in [-0.2, 0) is 13.1 Å². The van der Waals surface area contributed by atoms with Crippen LogP contribution in [0.1, 0.15) is 22.8 Å². The highest BCUT2D eigenvalue weighted by Crippen LogP contribution is 2.28. The summed E-state index contributed by atoms with van der Waals surface area (Å²) in [5, 5.41) is 7.46. The van der Waals surface area contributed by atoms with E-state index in [9.17, 15) is 4.79 Å². The summed E-state index contributed by atoms with van der Waals surface area (Å²) in [6.07, 6.45) is 3.18. The maximum Gasteiger partial charge on any atom is 0.257 e. The predicted octanol–water partition coefficient (Wildman–Crippen LogP) is 2.36. The minimum absolute atomic E-state index is 0.144. The first-order chi connectivity index (χ1) is 13.6. The number of nitrogens with two attached hydrogens (primary N) is 1. The Hall–Kier alpha value is -3.75. The van der Waals surface area contributed by atoms with E-state index in [1.54, 1.807) is 24.3 Å². The number of carbonyl (C=O) groups excluding carboxylic acids is 1. The van der Waals surface area contributed by atoms with Gasteiger partial charge in [-0.3, -0.25) is 9.78 Å². The van der Waals surface area contributed by atoms with Gasteiger partial charge in [-0.05, 0) is 22.8 Å². The standard InChI is InChI=1S/C19H19N7O2/c1-3-26-16-13(19(27)25(2)11-12-7-5-4-6-8-12)9-21-10-14(16)22-18(26)15-17(20)24-28-23-15/h4-10H,3,11H2,1-2H3,(H2,20,24). The van der Waals surface area contributed by atoms with Crippen LogP contribution in [0.25, 0.3) is 22.6 Å². The topological polar surface area (TPSA) is 116 Å². The fourth-order valence-corrected chi connectivity index (χ4v) is 3.22. The number of pyridine rings is 1. The van der Waals surface area contributed by atoms with Crippen LogP contribution < -0.4 is 5.73 Å². The van der Waals surface area contributed by atoms with Crippen LogP contribution in [-0.4, -0.2) is 42.7 Å². The molecule has 0 fully saturated rings. The first-order valence-corrected chi connectivity index (χ1v) is 8.82. The number of rotatable bonds is 5. The fourth-order valence-electron chi connectivity index (χ4n) is 3.22. The lowest BCUT2D eigenvalue weighted by atomic mass is 10.2. The van der Waals surface area contributed by atoms with Crippen molar-refractivity contribution < 1.29 is 9.42 Å². The molecule has 0 radical (unpaired) electrons. The van der Waals surface area contributed by atoms with E-state index < -0.39 is 0 Å². The molecule has 9 heteroatoms. The lowest BCUT2D eigenvalue weighted by molar-refractivity contribution is 0.0786. The highest BCUT2D eigenvalue weighted by Gasteiger charge is 2.24. The van der Waals surface area contributed by atoms with Gasteiger partial charge in [0.25, 0.3) is 5.91 Å². The van der Waals surface area contributed by atoms with Gasteiger partial charge in [-0.15, -0.1) is 0 Å². The number of benzene rings is 1. The Balaban J connectivity index is 1.78. The Kier molecular flexibility index (Phi) is 4.48. The summed E-state index contributed by atoms with van der Waals surface area (Å²) >= 11 is 0. The van der Waals surface area contributed by atoms with E-state index >= 15 is 0 Å². The van der Waals surface area contributed by atoms with E-state index in [0.717, 1.165) is 5.56 Å². The van der Waals surface area contributed by atoms with Gasteiger partial charge in [0.15, 0.2) is 17.3 Å². The molecule has 0 atom stereocenters. The summed E-state index contributed by atoms with van der Waals surface area (Å²) in [4.78, 5) is 23.6. The van der Waals surface area contributed by atoms with Crippen LogP contribution >= 0.6 is 0 Å². The van der Waals surface area contributed by atoms with E-state index in [4.69, 9.17) is 10.4 Å². The van der Waals surface area contributed by atoms with E-state index in [1.165, 1.54) is 0 Å². The molecular weight excluding hydrogens is 358 g/mol. The number of hydrogen-bond donors (Lipinski definition) is 1. The van der Waals surface area contributed by atoms with Crippen molar-refractivity contribution >= 4 is 22.8 Å². The van der Waals surface area contributed by atoms with Gasteiger partial charge in [0.05, 0.1) is 17.3 Å². The molecule has 0 aliphatic carbocycles. The fraction of sp³-hybridized carbons (Fsp3) is 0.211. The first-order valence-electron chi connectivity index (χ1n) is 8.82. The van der Waals surface area contributed by atoms with Crippen molar-refractivity contribution in [2.45, 2.75) is 20.0 Å². The molecule has 0 spiro atoms. The summed E-state index contributed by atoms with van der Waals surface area (Å²) in [7, 11) is 1.77. The molecule has 0 aliphatic heterocycles. The Morgan fingerprint density at radius 2 is 2.00 bits per heavy atom. The molecule has 4 rings (SSSR count). The Morgan fingerprint density at radius 3 is 2.68 bits per heavy atom. The molecule has 2 N–H and O–H groups in total. The van der Waals surface area contributed by atoms with E-state index in [-0.39, 0.29) is 11.7 Å². The lowest BCUT2D eigenvalue weighted by Gasteiger charge is -2.18. The highest BCUT2D eigenvalue weighted by atomic mass is 16.6. The van der Waals surface area contributed by atoms with Crippen molar-refractivity contribution in [3.63, 3.8) is 0 Å². The molecule has 3 heterocycles. The van der Waals surface area contributed by atoms with Crippen LogP contribution in [0.4, 0.5) is 5.82 Å². The molecule has 3 aromatic heterocycles. The van der Waals surface area contributed by atoms with Crippen molar-refractivity contribution in [3.8, 4) is 11.5 Å². The molecule has 0 aliphatic rings. The average molecular weight is 377 g/mol. The molecule has 0 saturated carbocycles. The van der Waals surface area contributed by atoms with Gasteiger partial charge in [0.1, 0.15) is 5.52 Å². The Morgan fingerprint density at radius 1 is 1.21 bits per heavy atom. The average Bonchev–Trinajstić information content (AvgIpc) is 3.30. The van der Waals surface area contributed by atoms with Crippen LogP contribution in [0.3, 0.4) is 0 Å². The van der Waals surface area contributed by atoms with Crippen molar-refractivity contribution in [3.05, 3.63) is 53.9 Å². The van der Waals surface area contributed by atoms with Gasteiger partial charge in [-0.1, -0.05) is 30.3 Å². The Bertz CT molecular complexity index is 1130. The van der Waals surface area contributed by atoms with Gasteiger partial charge >= 0.3 is 0 Å². The number of fused-ring (bicyclic) bond motifs is 1. The summed E-state index contributed by atoms with van der Waals surface area (Å²) < 4.78 is 6.58. The zero-order valence-corrected chi connectivity index (χ0v) is 15.5. The summed E-state index contributed by atoms with van der Waals surface area (Å²) in [5.41, 5.74) is 8.95. The molecule has 28 heavy (non-hydrogen) atoms. The number of hydrogen-bond acceptors (Lipinski definition) is 7. The van der Waals surface area contributed by atoms with E-state index in [0.29, 0.717) is 41.2 Å². The monoisotopic (exact) mass is 377 g/mol. The normalized spacial score (nSPS) is 11.1. The second kappa shape index (κ2) is 7.10. The van der Waals surface area contributed by atoms with Crippen molar-refractivity contribution in [2.24, 2.45) is 0 Å². The molecule has 1 aromatic carbocycles. The molecule has 0 bridgehead atoms. The number of anilines is 1. The lowest BCUT2D eigenvalue weighted by Crippen LogP contribution is -2.27.